The summed E-state index contributed by atoms with van der Waals surface area (Å²) in [6.45, 7) is 5.31. The van der Waals surface area contributed by atoms with Crippen molar-refractivity contribution < 1.29 is 29.1 Å². The first-order valence-corrected chi connectivity index (χ1v) is 10.8. The summed E-state index contributed by atoms with van der Waals surface area (Å²) in [5, 5.41) is 22.5. The second-order valence-corrected chi connectivity index (χ2v) is 9.93. The minimum Gasteiger partial charge on any atom is -0.498 e. The van der Waals surface area contributed by atoms with Crippen molar-refractivity contribution in [3.8, 4) is 11.1 Å². The minimum absolute atomic E-state index is 0.0428. The van der Waals surface area contributed by atoms with Crippen LogP contribution in [0, 0.1) is 5.41 Å². The van der Waals surface area contributed by atoms with Gasteiger partial charge < -0.3 is 19.8 Å². The summed E-state index contributed by atoms with van der Waals surface area (Å²) in [5.41, 5.74) is 1.94. The Morgan fingerprint density at radius 2 is 1.66 bits per heavy atom. The van der Waals surface area contributed by atoms with Crippen LogP contribution in [0.4, 0.5) is 9.59 Å². The average molecular weight is 437 g/mol. The lowest BCUT2D eigenvalue weighted by molar-refractivity contribution is -0.887. The minimum atomic E-state index is -1.49. The Balaban J connectivity index is 1.82. The van der Waals surface area contributed by atoms with E-state index in [2.05, 4.69) is 0 Å². The summed E-state index contributed by atoms with van der Waals surface area (Å²) in [5.74, 6) is -0.194. The molecule has 7 heteroatoms. The van der Waals surface area contributed by atoms with Crippen molar-refractivity contribution >= 4 is 18.5 Å². The molecule has 1 N–H and O–H groups in total. The number of carbonyl (C=O) groups is 3. The van der Waals surface area contributed by atoms with Gasteiger partial charge in [0, 0.05) is 0 Å². The molecule has 2 aromatic carbocycles. The molecule has 0 bridgehead atoms. The third-order valence-electron chi connectivity index (χ3n) is 7.38. The van der Waals surface area contributed by atoms with Crippen LogP contribution in [-0.2, 0) is 4.79 Å². The molecule has 1 aliphatic heterocycles. The number of nitrogens with zero attached hydrogens (tertiary/aromatic N) is 2. The summed E-state index contributed by atoms with van der Waals surface area (Å²) in [6, 6.07) is 15.9. The van der Waals surface area contributed by atoms with Crippen LogP contribution in [0.15, 0.2) is 48.5 Å². The number of carboxylic acid groups (broad SMARTS) is 2. The molecule has 1 fully saturated rings. The molecule has 2 unspecified atom stereocenters. The van der Waals surface area contributed by atoms with Gasteiger partial charge in [-0.3, -0.25) is 9.38 Å². The number of hydrogen-bond acceptors (Lipinski definition) is 4. The zero-order valence-corrected chi connectivity index (χ0v) is 18.6. The van der Waals surface area contributed by atoms with Crippen LogP contribution in [0.5, 0.6) is 0 Å². The third kappa shape index (κ3) is 3.11. The van der Waals surface area contributed by atoms with E-state index in [1.165, 1.54) is 0 Å². The van der Waals surface area contributed by atoms with Gasteiger partial charge in [0.25, 0.3) is 6.09 Å². The quantitative estimate of drug-likeness (QED) is 0.589. The molecule has 2 amide bonds. The van der Waals surface area contributed by atoms with E-state index in [-0.39, 0.29) is 32.1 Å². The monoisotopic (exact) mass is 436 g/mol. The first-order valence-electron chi connectivity index (χ1n) is 10.8. The third-order valence-corrected chi connectivity index (χ3v) is 7.38. The van der Waals surface area contributed by atoms with E-state index in [0.717, 1.165) is 27.2 Å². The molecule has 0 spiro atoms. The van der Waals surface area contributed by atoms with Gasteiger partial charge in [-0.25, -0.2) is 4.79 Å². The highest BCUT2D eigenvalue weighted by Crippen LogP contribution is 2.47. The second-order valence-electron chi connectivity index (χ2n) is 9.93. The van der Waals surface area contributed by atoms with Gasteiger partial charge in [0.1, 0.15) is 13.1 Å². The van der Waals surface area contributed by atoms with E-state index in [0.29, 0.717) is 6.29 Å². The largest absolute Gasteiger partial charge is 0.498 e. The van der Waals surface area contributed by atoms with Crippen molar-refractivity contribution in [1.29, 1.82) is 0 Å². The molecule has 4 rings (SSSR count). The molecule has 168 valence electrons. The highest BCUT2D eigenvalue weighted by atomic mass is 16.4. The molecule has 1 heterocycles. The van der Waals surface area contributed by atoms with E-state index < -0.39 is 27.6 Å². The van der Waals surface area contributed by atoms with Gasteiger partial charge in [-0.2, -0.15) is 0 Å². The number of fused-ring (bicyclic) bond motifs is 3. The SMILES string of the molecule is CC(C)(C)C1(C=O)C[N+](CC2c3ccccc3-c3ccccc32)(C(=O)[O-])CCN1C(=O)O. The molecule has 0 radical (unpaired) electrons. The van der Waals surface area contributed by atoms with Crippen molar-refractivity contribution in [3.05, 3.63) is 59.7 Å². The number of piperazine rings is 1. The second kappa shape index (κ2) is 7.45. The number of quaternary nitrogens is 1. The molecule has 7 nitrogen and oxygen atoms in total. The van der Waals surface area contributed by atoms with Crippen molar-refractivity contribution in [3.63, 3.8) is 0 Å². The van der Waals surface area contributed by atoms with Gasteiger partial charge in [-0.05, 0) is 27.7 Å². The predicted molar refractivity (Wildman–Crippen MR) is 117 cm³/mol. The lowest BCUT2D eigenvalue weighted by atomic mass is 9.71. The zero-order chi connectivity index (χ0) is 23.3. The Kier molecular flexibility index (Phi) is 5.12. The van der Waals surface area contributed by atoms with Crippen molar-refractivity contribution in [1.82, 2.24) is 4.90 Å². The summed E-state index contributed by atoms with van der Waals surface area (Å²) in [6.07, 6.45) is -1.89. The Morgan fingerprint density at radius 1 is 1.12 bits per heavy atom. The van der Waals surface area contributed by atoms with E-state index in [1.807, 2.05) is 48.5 Å². The number of rotatable bonds is 3. The summed E-state index contributed by atoms with van der Waals surface area (Å²) < 4.78 is -0.479. The van der Waals surface area contributed by atoms with Gasteiger partial charge in [-0.1, -0.05) is 69.3 Å². The molecule has 2 aromatic rings. The van der Waals surface area contributed by atoms with Crippen LogP contribution in [-0.4, -0.2) is 64.7 Å². The van der Waals surface area contributed by atoms with Gasteiger partial charge in [0.05, 0.1) is 19.0 Å². The highest BCUT2D eigenvalue weighted by molar-refractivity contribution is 5.79. The Bertz CT molecular complexity index is 1050. The van der Waals surface area contributed by atoms with E-state index in [4.69, 9.17) is 0 Å². The summed E-state index contributed by atoms with van der Waals surface area (Å²) >= 11 is 0. The molecule has 2 aliphatic rings. The number of carbonyl (C=O) groups excluding carboxylic acids is 2. The molecular weight excluding hydrogens is 408 g/mol. The van der Waals surface area contributed by atoms with E-state index in [9.17, 15) is 24.6 Å². The fourth-order valence-electron chi connectivity index (χ4n) is 5.50. The highest BCUT2D eigenvalue weighted by Gasteiger charge is 2.59. The van der Waals surface area contributed by atoms with E-state index in [1.54, 1.807) is 20.8 Å². The number of hydrogen-bond donors (Lipinski definition) is 1. The molecule has 2 atom stereocenters. The topological polar surface area (TPSA) is 97.7 Å². The molecular formula is C25H28N2O5. The van der Waals surface area contributed by atoms with Crippen LogP contribution < -0.4 is 5.11 Å². The fraction of sp³-hybridized carbons (Fsp3) is 0.400. The normalized spacial score (nSPS) is 25.2. The van der Waals surface area contributed by atoms with Gasteiger partial charge in [0.15, 0.2) is 11.8 Å². The van der Waals surface area contributed by atoms with Gasteiger partial charge in [0.2, 0.25) is 0 Å². The standard InChI is InChI=1S/C25H28N2O5/c1-24(2,3)25(16-28)15-27(23(31)32,13-12-26(25)22(29)30)14-21-19-10-6-4-8-17(19)18-9-5-7-11-20(18)21/h4-11,16,21H,12-15H2,1-3H3,(H-,29,30,31,32). The van der Waals surface area contributed by atoms with Crippen LogP contribution in [0.25, 0.3) is 11.1 Å². The number of aldehydes is 1. The maximum atomic E-state index is 12.7. The van der Waals surface area contributed by atoms with Crippen LogP contribution >= 0.6 is 0 Å². The lowest BCUT2D eigenvalue weighted by Crippen LogP contribution is -2.78. The van der Waals surface area contributed by atoms with Crippen molar-refractivity contribution in [2.45, 2.75) is 32.2 Å². The molecule has 32 heavy (non-hydrogen) atoms. The summed E-state index contributed by atoms with van der Waals surface area (Å²) in [7, 11) is 0. The fourth-order valence-corrected chi connectivity index (χ4v) is 5.50. The first kappa shape index (κ1) is 22.0. The Hall–Kier alpha value is -3.19. The lowest BCUT2D eigenvalue weighted by Gasteiger charge is -2.56. The number of amides is 2. The van der Waals surface area contributed by atoms with Crippen molar-refractivity contribution in [2.24, 2.45) is 5.41 Å². The molecule has 1 aliphatic carbocycles. The van der Waals surface area contributed by atoms with E-state index >= 15 is 0 Å². The Morgan fingerprint density at radius 3 is 2.09 bits per heavy atom. The average Bonchev–Trinajstić information content (AvgIpc) is 3.06. The first-order chi connectivity index (χ1) is 15.1. The maximum absolute atomic E-state index is 12.7. The van der Waals surface area contributed by atoms with Crippen LogP contribution in [0.1, 0.15) is 37.8 Å². The number of benzene rings is 2. The molecule has 1 saturated heterocycles. The zero-order valence-electron chi connectivity index (χ0n) is 18.6. The summed E-state index contributed by atoms with van der Waals surface area (Å²) in [4.78, 5) is 38.3. The van der Waals surface area contributed by atoms with Crippen LogP contribution in [0.3, 0.4) is 0 Å². The van der Waals surface area contributed by atoms with Crippen LogP contribution in [0.2, 0.25) is 0 Å². The van der Waals surface area contributed by atoms with Gasteiger partial charge in [-0.15, -0.1) is 0 Å². The predicted octanol–water partition coefficient (Wildman–Crippen LogP) is 2.94. The molecule has 0 saturated carbocycles. The van der Waals surface area contributed by atoms with Crippen molar-refractivity contribution in [2.75, 3.05) is 26.2 Å². The Labute approximate surface area is 187 Å². The maximum Gasteiger partial charge on any atom is 0.408 e. The molecule has 0 aromatic heterocycles. The smallest absolute Gasteiger partial charge is 0.408 e. The van der Waals surface area contributed by atoms with Gasteiger partial charge >= 0.3 is 6.09 Å².